The van der Waals surface area contributed by atoms with Crippen LogP contribution in [-0.2, 0) is 11.2 Å². The number of rotatable bonds is 3. The molecule has 0 atom stereocenters. The maximum Gasteiger partial charge on any atom is 0.253 e. The van der Waals surface area contributed by atoms with E-state index in [0.717, 1.165) is 24.2 Å². The normalized spacial score (nSPS) is 17.4. The number of likely N-dealkylation sites (tertiary alicyclic amines) is 1. The van der Waals surface area contributed by atoms with E-state index >= 15 is 0 Å². The fourth-order valence-corrected chi connectivity index (χ4v) is 3.46. The Morgan fingerprint density at radius 3 is 2.62 bits per heavy atom. The molecule has 0 N–H and O–H groups in total. The van der Waals surface area contributed by atoms with Crippen LogP contribution in [0, 0.1) is 0 Å². The Kier molecular flexibility index (Phi) is 4.61. The minimum absolute atomic E-state index is 0.00369. The van der Waals surface area contributed by atoms with Crippen molar-refractivity contribution in [2.75, 3.05) is 19.7 Å². The second-order valence-corrected chi connectivity index (χ2v) is 6.75. The van der Waals surface area contributed by atoms with Crippen LogP contribution in [0.5, 0.6) is 11.5 Å². The lowest BCUT2D eigenvalue weighted by molar-refractivity contribution is -0.121. The predicted octanol–water partition coefficient (Wildman–Crippen LogP) is 2.87. The summed E-state index contributed by atoms with van der Waals surface area (Å²) in [7, 11) is 0. The number of piperidine rings is 1. The minimum atomic E-state index is 0.00369. The molecule has 2 aromatic carbocycles. The zero-order valence-electron chi connectivity index (χ0n) is 14.5. The molecule has 2 aliphatic heterocycles. The van der Waals surface area contributed by atoms with Gasteiger partial charge in [0.1, 0.15) is 24.2 Å². The molecule has 0 saturated carbocycles. The van der Waals surface area contributed by atoms with Gasteiger partial charge >= 0.3 is 0 Å². The molecule has 26 heavy (non-hydrogen) atoms. The van der Waals surface area contributed by atoms with Crippen LogP contribution in [-0.4, -0.2) is 42.4 Å². The van der Waals surface area contributed by atoms with E-state index in [2.05, 4.69) is 0 Å². The number of Topliss-reactive ketones (excluding diaryl/α,β-unsaturated/α-hetero) is 1. The molecule has 1 fully saturated rings. The maximum absolute atomic E-state index is 12.8. The Hall–Kier alpha value is -2.82. The Balaban J connectivity index is 1.38. The zero-order valence-corrected chi connectivity index (χ0v) is 14.5. The lowest BCUT2D eigenvalue weighted by Crippen LogP contribution is -2.41. The number of fused-ring (bicyclic) bond motifs is 1. The number of nitrogens with zero attached hydrogens (tertiary/aromatic N) is 1. The van der Waals surface area contributed by atoms with Crippen molar-refractivity contribution in [3.63, 3.8) is 0 Å². The molecule has 0 bridgehead atoms. The Bertz CT molecular complexity index is 810. The van der Waals surface area contributed by atoms with Crippen molar-refractivity contribution in [3.8, 4) is 11.5 Å². The molecule has 5 heteroatoms. The van der Waals surface area contributed by atoms with Crippen LogP contribution >= 0.6 is 0 Å². The van der Waals surface area contributed by atoms with E-state index in [1.54, 1.807) is 18.2 Å². The number of ether oxygens (including phenoxy) is 2. The third-order valence-electron chi connectivity index (χ3n) is 4.86. The average molecular weight is 351 g/mol. The van der Waals surface area contributed by atoms with Crippen LogP contribution in [0.15, 0.2) is 48.5 Å². The smallest absolute Gasteiger partial charge is 0.253 e. The molecule has 2 aliphatic rings. The maximum atomic E-state index is 12.8. The monoisotopic (exact) mass is 351 g/mol. The molecule has 2 aromatic rings. The third kappa shape index (κ3) is 3.57. The van der Waals surface area contributed by atoms with E-state index in [-0.39, 0.29) is 24.4 Å². The van der Waals surface area contributed by atoms with Gasteiger partial charge in [-0.25, -0.2) is 0 Å². The molecule has 0 aromatic heterocycles. The fourth-order valence-electron chi connectivity index (χ4n) is 3.46. The van der Waals surface area contributed by atoms with E-state index in [4.69, 9.17) is 9.47 Å². The summed E-state index contributed by atoms with van der Waals surface area (Å²) in [6.45, 7) is 1.46. The van der Waals surface area contributed by atoms with E-state index < -0.39 is 0 Å². The number of benzene rings is 2. The van der Waals surface area contributed by atoms with Crippen molar-refractivity contribution in [2.45, 2.75) is 25.4 Å². The highest BCUT2D eigenvalue weighted by Crippen LogP contribution is 2.26. The van der Waals surface area contributed by atoms with E-state index in [9.17, 15) is 9.59 Å². The van der Waals surface area contributed by atoms with Gasteiger partial charge in [-0.15, -0.1) is 0 Å². The van der Waals surface area contributed by atoms with Crippen LogP contribution in [0.1, 0.15) is 28.8 Å². The summed E-state index contributed by atoms with van der Waals surface area (Å²) in [4.78, 5) is 26.2. The van der Waals surface area contributed by atoms with Gasteiger partial charge < -0.3 is 14.4 Å². The molecular weight excluding hydrogens is 330 g/mol. The van der Waals surface area contributed by atoms with Crippen molar-refractivity contribution in [2.24, 2.45) is 0 Å². The van der Waals surface area contributed by atoms with E-state index in [1.807, 2.05) is 35.2 Å². The van der Waals surface area contributed by atoms with Crippen molar-refractivity contribution in [1.29, 1.82) is 0 Å². The molecule has 2 heterocycles. The van der Waals surface area contributed by atoms with Crippen molar-refractivity contribution in [1.82, 2.24) is 4.90 Å². The van der Waals surface area contributed by atoms with Crippen LogP contribution in [0.2, 0.25) is 0 Å². The Labute approximate surface area is 152 Å². The number of carbonyl (C=O) groups excluding carboxylic acids is 2. The highest BCUT2D eigenvalue weighted by atomic mass is 16.5. The van der Waals surface area contributed by atoms with Crippen LogP contribution in [0.25, 0.3) is 0 Å². The number of hydrogen-bond donors (Lipinski definition) is 0. The summed E-state index contributed by atoms with van der Waals surface area (Å²) < 4.78 is 11.4. The molecule has 0 radical (unpaired) electrons. The van der Waals surface area contributed by atoms with E-state index in [0.29, 0.717) is 30.8 Å². The SMILES string of the molecule is O=C1COc2ccc(C(=O)N3CCC(Oc4ccccc4)CC3)cc2C1. The molecule has 5 nitrogen and oxygen atoms in total. The molecule has 1 saturated heterocycles. The fraction of sp³-hybridized carbons (Fsp3) is 0.333. The number of para-hydroxylation sites is 1. The standard InChI is InChI=1S/C21H21NO4/c23-17-13-16-12-15(6-7-20(16)25-14-17)21(24)22-10-8-19(9-11-22)26-18-4-2-1-3-5-18/h1-7,12,19H,8-11,13-14H2. The minimum Gasteiger partial charge on any atom is -0.490 e. The highest BCUT2D eigenvalue weighted by molar-refractivity contribution is 5.95. The summed E-state index contributed by atoms with van der Waals surface area (Å²) in [6, 6.07) is 15.1. The van der Waals surface area contributed by atoms with Gasteiger partial charge in [0, 0.05) is 43.5 Å². The third-order valence-corrected chi connectivity index (χ3v) is 4.86. The van der Waals surface area contributed by atoms with Gasteiger partial charge in [-0.3, -0.25) is 9.59 Å². The molecule has 1 amide bonds. The van der Waals surface area contributed by atoms with Gasteiger partial charge in [0.15, 0.2) is 5.78 Å². The first-order valence-electron chi connectivity index (χ1n) is 8.97. The first-order valence-corrected chi connectivity index (χ1v) is 8.97. The topological polar surface area (TPSA) is 55.8 Å². The average Bonchev–Trinajstić information content (AvgIpc) is 2.68. The van der Waals surface area contributed by atoms with Crippen molar-refractivity contribution in [3.05, 3.63) is 59.7 Å². The number of carbonyl (C=O) groups is 2. The number of amides is 1. The van der Waals surface area contributed by atoms with Crippen LogP contribution in [0.3, 0.4) is 0 Å². The molecule has 0 aliphatic carbocycles. The molecule has 4 rings (SSSR count). The molecule has 0 unspecified atom stereocenters. The quantitative estimate of drug-likeness (QED) is 0.853. The highest BCUT2D eigenvalue weighted by Gasteiger charge is 2.26. The van der Waals surface area contributed by atoms with Gasteiger partial charge in [0.2, 0.25) is 0 Å². The lowest BCUT2D eigenvalue weighted by Gasteiger charge is -2.32. The first-order chi connectivity index (χ1) is 12.7. The molecular formula is C21H21NO4. The summed E-state index contributed by atoms with van der Waals surface area (Å²) in [5.74, 6) is 1.62. The van der Waals surface area contributed by atoms with Gasteiger partial charge in [-0.2, -0.15) is 0 Å². The number of hydrogen-bond acceptors (Lipinski definition) is 4. The molecule has 134 valence electrons. The largest absolute Gasteiger partial charge is 0.490 e. The predicted molar refractivity (Wildman–Crippen MR) is 96.6 cm³/mol. The lowest BCUT2D eigenvalue weighted by atomic mass is 10.0. The van der Waals surface area contributed by atoms with Gasteiger partial charge in [0.25, 0.3) is 5.91 Å². The van der Waals surface area contributed by atoms with Gasteiger partial charge in [-0.05, 0) is 30.3 Å². The van der Waals surface area contributed by atoms with Crippen LogP contribution in [0.4, 0.5) is 0 Å². The van der Waals surface area contributed by atoms with Crippen LogP contribution < -0.4 is 9.47 Å². The van der Waals surface area contributed by atoms with Gasteiger partial charge in [0.05, 0.1) is 0 Å². The Morgan fingerprint density at radius 2 is 1.85 bits per heavy atom. The van der Waals surface area contributed by atoms with E-state index in [1.165, 1.54) is 0 Å². The molecule has 0 spiro atoms. The summed E-state index contributed by atoms with van der Waals surface area (Å²) in [5.41, 5.74) is 1.42. The van der Waals surface area contributed by atoms with Crippen molar-refractivity contribution >= 4 is 11.7 Å². The number of ketones is 1. The van der Waals surface area contributed by atoms with Crippen molar-refractivity contribution < 1.29 is 19.1 Å². The summed E-state index contributed by atoms with van der Waals surface area (Å²) >= 11 is 0. The summed E-state index contributed by atoms with van der Waals surface area (Å²) in [6.07, 6.45) is 2.10. The summed E-state index contributed by atoms with van der Waals surface area (Å²) in [5, 5.41) is 0. The first kappa shape index (κ1) is 16.6. The Morgan fingerprint density at radius 1 is 1.08 bits per heavy atom. The second kappa shape index (κ2) is 7.20. The van der Waals surface area contributed by atoms with Gasteiger partial charge in [-0.1, -0.05) is 18.2 Å². The second-order valence-electron chi connectivity index (χ2n) is 6.75. The zero-order chi connectivity index (χ0) is 17.9.